The van der Waals surface area contributed by atoms with Gasteiger partial charge in [-0.3, -0.25) is 4.79 Å². The third kappa shape index (κ3) is 2.90. The molecule has 1 N–H and O–H groups in total. The summed E-state index contributed by atoms with van der Waals surface area (Å²) in [5.74, 6) is -0.978. The Morgan fingerprint density at radius 3 is 2.56 bits per heavy atom. The summed E-state index contributed by atoms with van der Waals surface area (Å²) in [6, 6.07) is 3.50. The van der Waals surface area contributed by atoms with Crippen LogP contribution in [0.3, 0.4) is 0 Å². The van der Waals surface area contributed by atoms with E-state index in [9.17, 15) is 9.59 Å². The van der Waals surface area contributed by atoms with Crippen LogP contribution in [0.5, 0.6) is 0 Å². The lowest BCUT2D eigenvalue weighted by Gasteiger charge is -2.21. The number of hydrogen-bond donors (Lipinski definition) is 1. The fraction of sp³-hybridized carbons (Fsp3) is 0.538. The maximum atomic E-state index is 12.3. The number of carboxylic acid groups (broad SMARTS) is 1. The van der Waals surface area contributed by atoms with Gasteiger partial charge in [-0.05, 0) is 31.4 Å². The van der Waals surface area contributed by atoms with Gasteiger partial charge < -0.3 is 10.0 Å². The maximum absolute atomic E-state index is 12.3. The molecular weight excluding hydrogens is 250 g/mol. The molecule has 98 valence electrons. The topological polar surface area (TPSA) is 57.6 Å². The lowest BCUT2D eigenvalue weighted by molar-refractivity contribution is 0.0701. The first-order valence-corrected chi connectivity index (χ1v) is 7.09. The van der Waals surface area contributed by atoms with Crippen LogP contribution in [0.2, 0.25) is 0 Å². The molecule has 1 saturated carbocycles. The van der Waals surface area contributed by atoms with Crippen LogP contribution < -0.4 is 0 Å². The van der Waals surface area contributed by atoms with E-state index in [-0.39, 0.29) is 10.8 Å². The number of carbonyl (C=O) groups is 2. The minimum absolute atomic E-state index is 0.0107. The van der Waals surface area contributed by atoms with E-state index in [1.807, 2.05) is 4.90 Å². The van der Waals surface area contributed by atoms with Crippen LogP contribution in [0.15, 0.2) is 12.1 Å². The van der Waals surface area contributed by atoms with Gasteiger partial charge in [-0.15, -0.1) is 11.3 Å². The van der Waals surface area contributed by atoms with Gasteiger partial charge in [0.2, 0.25) is 0 Å². The number of rotatable bonds is 6. The Kier molecular flexibility index (Phi) is 4.01. The van der Waals surface area contributed by atoms with Crippen LogP contribution >= 0.6 is 11.3 Å². The molecule has 1 aliphatic rings. The summed E-state index contributed by atoms with van der Waals surface area (Å²) in [6.07, 6.45) is 4.21. The summed E-state index contributed by atoms with van der Waals surface area (Å²) >= 11 is 1.07. The fourth-order valence-electron chi connectivity index (χ4n) is 1.87. The Morgan fingerprint density at radius 1 is 1.39 bits per heavy atom. The monoisotopic (exact) mass is 267 g/mol. The van der Waals surface area contributed by atoms with Crippen molar-refractivity contribution in [2.75, 3.05) is 6.54 Å². The van der Waals surface area contributed by atoms with Gasteiger partial charge in [-0.1, -0.05) is 13.3 Å². The van der Waals surface area contributed by atoms with Crippen LogP contribution in [0.4, 0.5) is 0 Å². The van der Waals surface area contributed by atoms with E-state index in [0.717, 1.165) is 43.6 Å². The molecule has 18 heavy (non-hydrogen) atoms. The first-order valence-electron chi connectivity index (χ1n) is 6.27. The highest BCUT2D eigenvalue weighted by Gasteiger charge is 2.33. The molecule has 1 fully saturated rings. The van der Waals surface area contributed by atoms with Crippen molar-refractivity contribution in [3.63, 3.8) is 0 Å². The van der Waals surface area contributed by atoms with Gasteiger partial charge in [0, 0.05) is 12.6 Å². The number of nitrogens with zero attached hydrogens (tertiary/aromatic N) is 1. The van der Waals surface area contributed by atoms with Crippen molar-refractivity contribution in [2.45, 2.75) is 38.6 Å². The van der Waals surface area contributed by atoms with Gasteiger partial charge in [0.15, 0.2) is 0 Å². The number of thiophene rings is 1. The van der Waals surface area contributed by atoms with Crippen molar-refractivity contribution in [1.29, 1.82) is 0 Å². The van der Waals surface area contributed by atoms with E-state index in [2.05, 4.69) is 6.92 Å². The number of carboxylic acids is 1. The molecular formula is C13H17NO3S. The molecule has 0 radical (unpaired) electrons. The van der Waals surface area contributed by atoms with E-state index in [1.165, 1.54) is 6.07 Å². The summed E-state index contributed by atoms with van der Waals surface area (Å²) in [6.45, 7) is 2.88. The van der Waals surface area contributed by atoms with Crippen LogP contribution in [-0.4, -0.2) is 34.5 Å². The predicted molar refractivity (Wildman–Crippen MR) is 70.2 cm³/mol. The van der Waals surface area contributed by atoms with Crippen molar-refractivity contribution >= 4 is 23.2 Å². The molecule has 0 atom stereocenters. The van der Waals surface area contributed by atoms with Gasteiger partial charge in [-0.2, -0.15) is 0 Å². The third-order valence-corrected chi connectivity index (χ3v) is 4.09. The van der Waals surface area contributed by atoms with Crippen LogP contribution in [-0.2, 0) is 0 Å². The molecule has 0 saturated heterocycles. The number of amides is 1. The first kappa shape index (κ1) is 13.1. The van der Waals surface area contributed by atoms with Gasteiger partial charge in [0.1, 0.15) is 4.88 Å². The number of unbranched alkanes of at least 4 members (excludes halogenated alkanes) is 1. The van der Waals surface area contributed by atoms with Gasteiger partial charge in [-0.25, -0.2) is 4.79 Å². The standard InChI is InChI=1S/C13H17NO3S/c1-2-3-8-14(9-4-5-9)12(15)10-6-7-11(18-10)13(16)17/h6-7,9H,2-5,8H2,1H3,(H,16,17). The molecule has 5 heteroatoms. The minimum Gasteiger partial charge on any atom is -0.477 e. The third-order valence-electron chi connectivity index (χ3n) is 3.03. The molecule has 4 nitrogen and oxygen atoms in total. The molecule has 1 heterocycles. The van der Waals surface area contributed by atoms with Crippen molar-refractivity contribution < 1.29 is 14.7 Å². The van der Waals surface area contributed by atoms with E-state index in [4.69, 9.17) is 5.11 Å². The number of hydrogen-bond acceptors (Lipinski definition) is 3. The van der Waals surface area contributed by atoms with Crippen LogP contribution in [0.25, 0.3) is 0 Å². The van der Waals surface area contributed by atoms with Crippen molar-refractivity contribution in [3.05, 3.63) is 21.9 Å². The van der Waals surface area contributed by atoms with Crippen LogP contribution in [0, 0.1) is 0 Å². The van der Waals surface area contributed by atoms with Gasteiger partial charge in [0.25, 0.3) is 5.91 Å². The highest BCUT2D eigenvalue weighted by Crippen LogP contribution is 2.30. The molecule has 1 aliphatic carbocycles. The zero-order valence-electron chi connectivity index (χ0n) is 10.4. The first-order chi connectivity index (χ1) is 8.63. The lowest BCUT2D eigenvalue weighted by atomic mass is 10.3. The second kappa shape index (κ2) is 5.52. The van der Waals surface area contributed by atoms with E-state index >= 15 is 0 Å². The van der Waals surface area contributed by atoms with E-state index in [1.54, 1.807) is 6.07 Å². The second-order valence-corrected chi connectivity index (χ2v) is 5.64. The quantitative estimate of drug-likeness (QED) is 0.862. The average molecular weight is 267 g/mol. The molecule has 1 amide bonds. The molecule has 0 spiro atoms. The lowest BCUT2D eigenvalue weighted by Crippen LogP contribution is -2.33. The largest absolute Gasteiger partial charge is 0.477 e. The highest BCUT2D eigenvalue weighted by atomic mass is 32.1. The molecule has 0 unspecified atom stereocenters. The van der Waals surface area contributed by atoms with Gasteiger partial charge >= 0.3 is 5.97 Å². The number of carbonyl (C=O) groups excluding carboxylic acids is 1. The average Bonchev–Trinajstić information content (AvgIpc) is 3.05. The Hall–Kier alpha value is -1.36. The molecule has 1 aromatic heterocycles. The van der Waals surface area contributed by atoms with Crippen molar-refractivity contribution in [1.82, 2.24) is 4.90 Å². The normalized spacial score (nSPS) is 14.5. The van der Waals surface area contributed by atoms with E-state index in [0.29, 0.717) is 10.9 Å². The second-order valence-electron chi connectivity index (χ2n) is 4.55. The van der Waals surface area contributed by atoms with E-state index < -0.39 is 5.97 Å². The molecule has 0 aromatic carbocycles. The molecule has 1 aromatic rings. The molecule has 0 bridgehead atoms. The maximum Gasteiger partial charge on any atom is 0.345 e. The van der Waals surface area contributed by atoms with Crippen LogP contribution in [0.1, 0.15) is 52.0 Å². The Bertz CT molecular complexity index is 451. The van der Waals surface area contributed by atoms with Crippen molar-refractivity contribution in [3.8, 4) is 0 Å². The zero-order valence-corrected chi connectivity index (χ0v) is 11.2. The summed E-state index contributed by atoms with van der Waals surface area (Å²) in [4.78, 5) is 25.8. The minimum atomic E-state index is -0.967. The zero-order chi connectivity index (χ0) is 13.1. The number of aromatic carboxylic acids is 1. The molecule has 2 rings (SSSR count). The summed E-state index contributed by atoms with van der Waals surface area (Å²) in [7, 11) is 0. The fourth-order valence-corrected chi connectivity index (χ4v) is 2.67. The predicted octanol–water partition coefficient (Wildman–Crippen LogP) is 2.85. The smallest absolute Gasteiger partial charge is 0.345 e. The Labute approximate surface area is 110 Å². The van der Waals surface area contributed by atoms with Crippen molar-refractivity contribution in [2.24, 2.45) is 0 Å². The molecule has 0 aliphatic heterocycles. The van der Waals surface area contributed by atoms with Gasteiger partial charge in [0.05, 0.1) is 4.88 Å². The highest BCUT2D eigenvalue weighted by molar-refractivity contribution is 7.15. The Morgan fingerprint density at radius 2 is 2.06 bits per heavy atom. The Balaban J connectivity index is 2.09. The SMILES string of the molecule is CCCCN(C(=O)c1ccc(C(=O)O)s1)C1CC1. The summed E-state index contributed by atoms with van der Waals surface area (Å²) in [5, 5.41) is 8.87. The summed E-state index contributed by atoms with van der Waals surface area (Å²) in [5.41, 5.74) is 0. The summed E-state index contributed by atoms with van der Waals surface area (Å²) < 4.78 is 0.